The summed E-state index contributed by atoms with van der Waals surface area (Å²) < 4.78 is 14.1. The third-order valence-electron chi connectivity index (χ3n) is 4.80. The van der Waals surface area contributed by atoms with Crippen molar-refractivity contribution < 1.29 is 9.18 Å². The van der Waals surface area contributed by atoms with Crippen molar-refractivity contribution in [3.8, 4) is 0 Å². The molecule has 1 amide bonds. The van der Waals surface area contributed by atoms with E-state index in [1.165, 1.54) is 11.6 Å². The maximum atomic E-state index is 14.1. The monoisotopic (exact) mass is 356 g/mol. The summed E-state index contributed by atoms with van der Waals surface area (Å²) in [6.45, 7) is 2.45. The summed E-state index contributed by atoms with van der Waals surface area (Å²) in [5, 5.41) is 2.90. The van der Waals surface area contributed by atoms with Crippen LogP contribution in [0.4, 0.5) is 4.39 Å². The van der Waals surface area contributed by atoms with Gasteiger partial charge >= 0.3 is 0 Å². The van der Waals surface area contributed by atoms with E-state index < -0.39 is 6.04 Å². The molecule has 0 radical (unpaired) electrons. The van der Waals surface area contributed by atoms with Crippen LogP contribution >= 0.6 is 0 Å². The van der Waals surface area contributed by atoms with E-state index >= 15 is 0 Å². The quantitative estimate of drug-likeness (QED) is 0.863. The van der Waals surface area contributed by atoms with E-state index in [0.717, 1.165) is 36.5 Å². The Morgan fingerprint density at radius 3 is 2.77 bits per heavy atom. The summed E-state index contributed by atoms with van der Waals surface area (Å²) in [6, 6.07) is 5.71. The fourth-order valence-electron chi connectivity index (χ4n) is 3.54. The van der Waals surface area contributed by atoms with Crippen molar-refractivity contribution in [1.82, 2.24) is 20.2 Å². The number of aromatic nitrogens is 2. The molecule has 0 saturated carbocycles. The first kappa shape index (κ1) is 18.5. The van der Waals surface area contributed by atoms with Gasteiger partial charge in [-0.1, -0.05) is 18.2 Å². The normalized spacial score (nSPS) is 14.3. The van der Waals surface area contributed by atoms with E-state index in [4.69, 9.17) is 0 Å². The lowest BCUT2D eigenvalue weighted by Gasteiger charge is -2.24. The SMILES string of the molecule is Cc1nc(CCNC(=O)[C@H](c2ccccc2F)N(C)C)nc2c1CCC2. The molecule has 0 unspecified atom stereocenters. The number of hydrogen-bond donors (Lipinski definition) is 1. The Balaban J connectivity index is 1.64. The van der Waals surface area contributed by atoms with Crippen LogP contribution < -0.4 is 5.32 Å². The molecule has 1 aliphatic carbocycles. The number of halogens is 1. The predicted molar refractivity (Wildman–Crippen MR) is 98.3 cm³/mol. The lowest BCUT2D eigenvalue weighted by atomic mass is 10.0. The molecular weight excluding hydrogens is 331 g/mol. The summed E-state index contributed by atoms with van der Waals surface area (Å²) >= 11 is 0. The van der Waals surface area contributed by atoms with Crippen molar-refractivity contribution in [2.24, 2.45) is 0 Å². The number of nitrogens with one attached hydrogen (secondary N) is 1. The Bertz CT molecular complexity index is 806. The van der Waals surface area contributed by atoms with Crippen LogP contribution in [0.1, 0.15) is 40.8 Å². The van der Waals surface area contributed by atoms with E-state index in [1.54, 1.807) is 37.2 Å². The molecule has 1 aliphatic rings. The Labute approximate surface area is 153 Å². The number of amides is 1. The number of carbonyl (C=O) groups excluding carboxylic acids is 1. The second kappa shape index (κ2) is 7.91. The van der Waals surface area contributed by atoms with Crippen LogP contribution in [0.25, 0.3) is 0 Å². The standard InChI is InChI=1S/C20H25FN4O/c1-13-14-8-6-10-17(14)24-18(23-13)11-12-22-20(26)19(25(2)3)15-7-4-5-9-16(15)21/h4-5,7,9,19H,6,8,10-12H2,1-3H3,(H,22,26)/t19-/m0/s1. The largest absolute Gasteiger partial charge is 0.354 e. The van der Waals surface area contributed by atoms with Gasteiger partial charge in [0.2, 0.25) is 5.91 Å². The zero-order chi connectivity index (χ0) is 18.7. The van der Waals surface area contributed by atoms with E-state index in [-0.39, 0.29) is 11.7 Å². The van der Waals surface area contributed by atoms with Crippen molar-refractivity contribution in [2.45, 2.75) is 38.6 Å². The summed E-state index contributed by atoms with van der Waals surface area (Å²) in [5.74, 6) is 0.160. The molecule has 6 heteroatoms. The molecule has 1 aromatic heterocycles. The average molecular weight is 356 g/mol. The van der Waals surface area contributed by atoms with Gasteiger partial charge in [-0.15, -0.1) is 0 Å². The molecule has 1 atom stereocenters. The number of rotatable bonds is 6. The van der Waals surface area contributed by atoms with E-state index in [2.05, 4.69) is 15.3 Å². The Hall–Kier alpha value is -2.34. The Morgan fingerprint density at radius 1 is 1.27 bits per heavy atom. The highest BCUT2D eigenvalue weighted by molar-refractivity contribution is 5.83. The van der Waals surface area contributed by atoms with Gasteiger partial charge in [-0.05, 0) is 51.9 Å². The molecule has 0 fully saturated rings. The van der Waals surface area contributed by atoms with Crippen molar-refractivity contribution in [1.29, 1.82) is 0 Å². The fourth-order valence-corrected chi connectivity index (χ4v) is 3.54. The Morgan fingerprint density at radius 2 is 2.04 bits per heavy atom. The van der Waals surface area contributed by atoms with Crippen LogP contribution in [-0.2, 0) is 24.1 Å². The van der Waals surface area contributed by atoms with E-state index in [1.807, 2.05) is 6.92 Å². The van der Waals surface area contributed by atoms with Crippen LogP contribution in [0.3, 0.4) is 0 Å². The molecule has 0 spiro atoms. The molecule has 1 aromatic carbocycles. The highest BCUT2D eigenvalue weighted by Crippen LogP contribution is 2.23. The minimum absolute atomic E-state index is 0.224. The van der Waals surface area contributed by atoms with Crippen molar-refractivity contribution in [3.05, 3.63) is 58.4 Å². The van der Waals surface area contributed by atoms with Crippen LogP contribution in [0.2, 0.25) is 0 Å². The van der Waals surface area contributed by atoms with Crippen LogP contribution in [0, 0.1) is 12.7 Å². The van der Waals surface area contributed by atoms with Gasteiger partial charge in [-0.25, -0.2) is 14.4 Å². The highest BCUT2D eigenvalue weighted by Gasteiger charge is 2.25. The van der Waals surface area contributed by atoms with Crippen molar-refractivity contribution in [2.75, 3.05) is 20.6 Å². The number of carbonyl (C=O) groups is 1. The lowest BCUT2D eigenvalue weighted by Crippen LogP contribution is -2.38. The van der Waals surface area contributed by atoms with Gasteiger partial charge in [0.05, 0.1) is 0 Å². The van der Waals surface area contributed by atoms with Gasteiger partial charge in [-0.3, -0.25) is 9.69 Å². The number of nitrogens with zero attached hydrogens (tertiary/aromatic N) is 3. The first-order valence-corrected chi connectivity index (χ1v) is 9.01. The first-order valence-electron chi connectivity index (χ1n) is 9.01. The molecule has 0 saturated heterocycles. The molecule has 1 N–H and O–H groups in total. The van der Waals surface area contributed by atoms with Crippen LogP contribution in [0.15, 0.2) is 24.3 Å². The molecule has 5 nitrogen and oxygen atoms in total. The second-order valence-electron chi connectivity index (χ2n) is 6.93. The van der Waals surface area contributed by atoms with E-state index in [0.29, 0.717) is 18.5 Å². The topological polar surface area (TPSA) is 58.1 Å². The zero-order valence-electron chi connectivity index (χ0n) is 15.6. The number of hydrogen-bond acceptors (Lipinski definition) is 4. The van der Waals surface area contributed by atoms with Gasteiger partial charge < -0.3 is 5.32 Å². The number of fused-ring (bicyclic) bond motifs is 1. The Kier molecular flexibility index (Phi) is 5.61. The van der Waals surface area contributed by atoms with Crippen molar-refractivity contribution >= 4 is 5.91 Å². The van der Waals surface area contributed by atoms with Gasteiger partial charge in [0.25, 0.3) is 0 Å². The first-order chi connectivity index (χ1) is 12.5. The molecular formula is C20H25FN4O. The second-order valence-corrected chi connectivity index (χ2v) is 6.93. The van der Waals surface area contributed by atoms with Gasteiger partial charge in [0, 0.05) is 29.9 Å². The maximum absolute atomic E-state index is 14.1. The van der Waals surface area contributed by atoms with Gasteiger partial charge in [-0.2, -0.15) is 0 Å². The third kappa shape index (κ3) is 3.90. The molecule has 138 valence electrons. The smallest absolute Gasteiger partial charge is 0.242 e. The molecule has 0 aliphatic heterocycles. The molecule has 1 heterocycles. The molecule has 3 rings (SSSR count). The van der Waals surface area contributed by atoms with Crippen LogP contribution in [0.5, 0.6) is 0 Å². The lowest BCUT2D eigenvalue weighted by molar-refractivity contribution is -0.125. The number of likely N-dealkylation sites (N-methyl/N-ethyl adjacent to an activating group) is 1. The molecule has 2 aromatic rings. The fraction of sp³-hybridized carbons (Fsp3) is 0.450. The minimum Gasteiger partial charge on any atom is -0.354 e. The average Bonchev–Trinajstić information content (AvgIpc) is 3.06. The van der Waals surface area contributed by atoms with E-state index in [9.17, 15) is 9.18 Å². The zero-order valence-corrected chi connectivity index (χ0v) is 15.6. The third-order valence-corrected chi connectivity index (χ3v) is 4.80. The van der Waals surface area contributed by atoms with Gasteiger partial charge in [0.15, 0.2) is 0 Å². The van der Waals surface area contributed by atoms with Gasteiger partial charge in [0.1, 0.15) is 17.7 Å². The van der Waals surface area contributed by atoms with Crippen molar-refractivity contribution in [3.63, 3.8) is 0 Å². The maximum Gasteiger partial charge on any atom is 0.242 e. The predicted octanol–water partition coefficient (Wildman–Crippen LogP) is 2.37. The summed E-state index contributed by atoms with van der Waals surface area (Å²) in [5.41, 5.74) is 3.85. The molecule has 26 heavy (non-hydrogen) atoms. The number of aryl methyl sites for hydroxylation is 2. The summed E-state index contributed by atoms with van der Waals surface area (Å²) in [6.07, 6.45) is 3.77. The minimum atomic E-state index is -0.668. The summed E-state index contributed by atoms with van der Waals surface area (Å²) in [7, 11) is 3.54. The highest BCUT2D eigenvalue weighted by atomic mass is 19.1. The number of benzene rings is 1. The summed E-state index contributed by atoms with van der Waals surface area (Å²) in [4.78, 5) is 23.5. The van der Waals surface area contributed by atoms with Crippen LogP contribution in [-0.4, -0.2) is 41.4 Å². The molecule has 0 bridgehead atoms.